The third-order valence-corrected chi connectivity index (χ3v) is 5.09. The van der Waals surface area contributed by atoms with Gasteiger partial charge >= 0.3 is 0 Å². The van der Waals surface area contributed by atoms with Gasteiger partial charge in [-0.3, -0.25) is 15.0 Å². The quantitative estimate of drug-likeness (QED) is 0.307. The van der Waals surface area contributed by atoms with Crippen molar-refractivity contribution in [1.82, 2.24) is 16.1 Å². The molecule has 0 bridgehead atoms. The second-order valence-electron chi connectivity index (χ2n) is 6.03. The van der Waals surface area contributed by atoms with Crippen LogP contribution in [0.5, 0.6) is 0 Å². The number of nitrogens with two attached hydrogens (primary N) is 1. The number of hydrogen-bond donors (Lipinski definition) is 4. The monoisotopic (exact) mass is 266 g/mol. The zero-order valence-electron chi connectivity index (χ0n) is 11.0. The predicted molar refractivity (Wildman–Crippen MR) is 69.6 cm³/mol. The second kappa shape index (κ2) is 5.09. The van der Waals surface area contributed by atoms with Crippen LogP contribution in [0.15, 0.2) is 0 Å². The number of nitrogens with one attached hydrogen (secondary N) is 3. The summed E-state index contributed by atoms with van der Waals surface area (Å²) in [5, 5.41) is 6.30. The molecule has 6 heteroatoms. The van der Waals surface area contributed by atoms with Gasteiger partial charge in [-0.2, -0.15) is 0 Å². The van der Waals surface area contributed by atoms with Crippen LogP contribution in [0.2, 0.25) is 0 Å². The molecule has 1 saturated carbocycles. The summed E-state index contributed by atoms with van der Waals surface area (Å²) >= 11 is 0. The van der Waals surface area contributed by atoms with Crippen molar-refractivity contribution in [3.63, 3.8) is 0 Å². The lowest BCUT2D eigenvalue weighted by Crippen LogP contribution is -2.48. The Morgan fingerprint density at radius 1 is 1.32 bits per heavy atom. The van der Waals surface area contributed by atoms with E-state index in [9.17, 15) is 9.59 Å². The van der Waals surface area contributed by atoms with Crippen LogP contribution >= 0.6 is 0 Å². The molecule has 19 heavy (non-hydrogen) atoms. The molecule has 0 radical (unpaired) electrons. The minimum atomic E-state index is -0.174. The van der Waals surface area contributed by atoms with Crippen molar-refractivity contribution in [2.24, 2.45) is 23.6 Å². The first-order chi connectivity index (χ1) is 9.20. The lowest BCUT2D eigenvalue weighted by molar-refractivity contribution is -0.124. The van der Waals surface area contributed by atoms with Gasteiger partial charge in [0.15, 0.2) is 0 Å². The molecule has 2 saturated heterocycles. The molecule has 0 aromatic rings. The lowest BCUT2D eigenvalue weighted by atomic mass is 9.86. The lowest BCUT2D eigenvalue weighted by Gasteiger charge is -2.20. The molecule has 1 aliphatic carbocycles. The van der Waals surface area contributed by atoms with Crippen molar-refractivity contribution in [3.05, 3.63) is 0 Å². The number of hydrogen-bond acceptors (Lipinski definition) is 4. The Bertz CT molecular complexity index is 387. The Morgan fingerprint density at radius 2 is 2.11 bits per heavy atom. The zero-order valence-corrected chi connectivity index (χ0v) is 11.0. The first-order valence-corrected chi connectivity index (χ1v) is 7.25. The van der Waals surface area contributed by atoms with Crippen LogP contribution in [0.3, 0.4) is 0 Å². The first kappa shape index (κ1) is 12.9. The average molecular weight is 266 g/mol. The summed E-state index contributed by atoms with van der Waals surface area (Å²) in [6.45, 7) is 0.789. The van der Waals surface area contributed by atoms with Gasteiger partial charge in [-0.25, -0.2) is 5.84 Å². The number of amides is 2. The molecular formula is C13H22N4O2. The molecule has 0 aromatic heterocycles. The van der Waals surface area contributed by atoms with Crippen LogP contribution in [0.4, 0.5) is 0 Å². The maximum atomic E-state index is 11.8. The minimum Gasteiger partial charge on any atom is -0.356 e. The largest absolute Gasteiger partial charge is 0.356 e. The van der Waals surface area contributed by atoms with Crippen molar-refractivity contribution in [3.8, 4) is 0 Å². The topological polar surface area (TPSA) is 96.2 Å². The van der Waals surface area contributed by atoms with E-state index in [4.69, 9.17) is 5.84 Å². The summed E-state index contributed by atoms with van der Waals surface area (Å²) in [6, 6.07) is 0.107. The fourth-order valence-corrected chi connectivity index (χ4v) is 4.19. The number of rotatable bonds is 3. The van der Waals surface area contributed by atoms with E-state index in [-0.39, 0.29) is 29.8 Å². The van der Waals surface area contributed by atoms with Crippen molar-refractivity contribution in [2.45, 2.75) is 44.2 Å². The summed E-state index contributed by atoms with van der Waals surface area (Å²) in [4.78, 5) is 23.5. The number of hydrazine groups is 1. The van der Waals surface area contributed by atoms with Crippen LogP contribution in [0.1, 0.15) is 32.1 Å². The van der Waals surface area contributed by atoms with Gasteiger partial charge in [-0.1, -0.05) is 6.42 Å². The molecule has 2 amide bonds. The normalized spacial score (nSPS) is 41.1. The third-order valence-electron chi connectivity index (χ3n) is 5.09. The highest BCUT2D eigenvalue weighted by Crippen LogP contribution is 2.43. The molecule has 5 atom stereocenters. The van der Waals surface area contributed by atoms with Crippen molar-refractivity contribution in [2.75, 3.05) is 6.54 Å². The van der Waals surface area contributed by atoms with Gasteiger partial charge in [0.05, 0.1) is 6.04 Å². The van der Waals surface area contributed by atoms with Crippen molar-refractivity contribution >= 4 is 11.8 Å². The molecule has 2 aliphatic heterocycles. The van der Waals surface area contributed by atoms with E-state index in [1.54, 1.807) is 0 Å². The number of fused-ring (bicyclic) bond motifs is 1. The Labute approximate surface area is 112 Å². The van der Waals surface area contributed by atoms with Gasteiger partial charge in [0.2, 0.25) is 5.91 Å². The SMILES string of the molecule is NNC(=O)C1NC(C[C@@H]2CCNC2=O)C2CCCC12. The molecular weight excluding hydrogens is 244 g/mol. The van der Waals surface area contributed by atoms with Gasteiger partial charge < -0.3 is 10.6 Å². The first-order valence-electron chi connectivity index (χ1n) is 7.25. The summed E-state index contributed by atoms with van der Waals surface area (Å²) in [5.41, 5.74) is 2.26. The summed E-state index contributed by atoms with van der Waals surface area (Å²) in [7, 11) is 0. The highest BCUT2D eigenvalue weighted by Gasteiger charge is 2.48. The molecule has 3 fully saturated rings. The van der Waals surface area contributed by atoms with Gasteiger partial charge in [0, 0.05) is 18.5 Å². The fourth-order valence-electron chi connectivity index (χ4n) is 4.19. The summed E-state index contributed by atoms with van der Waals surface area (Å²) in [6.07, 6.45) is 5.19. The molecule has 4 unspecified atom stereocenters. The Morgan fingerprint density at radius 3 is 2.79 bits per heavy atom. The van der Waals surface area contributed by atoms with Crippen molar-refractivity contribution in [1.29, 1.82) is 0 Å². The molecule has 2 heterocycles. The van der Waals surface area contributed by atoms with E-state index in [1.807, 2.05) is 0 Å². The molecule has 3 rings (SSSR count). The van der Waals surface area contributed by atoms with Crippen LogP contribution in [0, 0.1) is 17.8 Å². The Balaban J connectivity index is 1.68. The van der Waals surface area contributed by atoms with E-state index >= 15 is 0 Å². The highest BCUT2D eigenvalue weighted by atomic mass is 16.2. The predicted octanol–water partition coefficient (Wildman–Crippen LogP) is -0.741. The Kier molecular flexibility index (Phi) is 3.45. The van der Waals surface area contributed by atoms with Gasteiger partial charge in [0.25, 0.3) is 5.91 Å². The molecule has 6 nitrogen and oxygen atoms in total. The van der Waals surface area contributed by atoms with E-state index in [1.165, 1.54) is 6.42 Å². The van der Waals surface area contributed by atoms with Gasteiger partial charge in [-0.05, 0) is 37.5 Å². The zero-order chi connectivity index (χ0) is 13.4. The smallest absolute Gasteiger partial charge is 0.251 e. The third kappa shape index (κ3) is 2.23. The van der Waals surface area contributed by atoms with E-state index in [2.05, 4.69) is 16.1 Å². The molecule has 5 N–H and O–H groups in total. The van der Waals surface area contributed by atoms with Gasteiger partial charge in [-0.15, -0.1) is 0 Å². The van der Waals surface area contributed by atoms with Crippen LogP contribution in [0.25, 0.3) is 0 Å². The van der Waals surface area contributed by atoms with E-state index < -0.39 is 0 Å². The molecule has 0 aromatic carbocycles. The van der Waals surface area contributed by atoms with Crippen LogP contribution in [-0.2, 0) is 9.59 Å². The maximum Gasteiger partial charge on any atom is 0.251 e. The van der Waals surface area contributed by atoms with Crippen LogP contribution < -0.4 is 21.9 Å². The minimum absolute atomic E-state index is 0.110. The van der Waals surface area contributed by atoms with E-state index in [0.29, 0.717) is 11.8 Å². The van der Waals surface area contributed by atoms with Gasteiger partial charge in [0.1, 0.15) is 0 Å². The Hall–Kier alpha value is -1.14. The summed E-state index contributed by atoms with van der Waals surface area (Å²) < 4.78 is 0. The van der Waals surface area contributed by atoms with Crippen LogP contribution in [-0.4, -0.2) is 30.4 Å². The molecule has 3 aliphatic rings. The fraction of sp³-hybridized carbons (Fsp3) is 0.846. The van der Waals surface area contributed by atoms with Crippen molar-refractivity contribution < 1.29 is 9.59 Å². The number of carbonyl (C=O) groups excluding carboxylic acids is 2. The second-order valence-corrected chi connectivity index (χ2v) is 6.03. The highest BCUT2D eigenvalue weighted by molar-refractivity contribution is 5.82. The number of carbonyl (C=O) groups is 2. The summed E-state index contributed by atoms with van der Waals surface area (Å²) in [5.74, 6) is 6.34. The standard InChI is InChI=1S/C13H22N4O2/c14-17-13(19)11-9-3-1-2-8(9)10(16-11)6-7-4-5-15-12(7)18/h7-11,16H,1-6,14H2,(H,15,18)(H,17,19)/t7-,8?,9?,10?,11?/m0/s1. The average Bonchev–Trinajstić information content (AvgIpc) is 3.08. The molecule has 0 spiro atoms. The maximum absolute atomic E-state index is 11.8. The van der Waals surface area contributed by atoms with E-state index in [0.717, 1.165) is 32.2 Å². The molecule has 106 valence electrons.